The lowest BCUT2D eigenvalue weighted by molar-refractivity contribution is -0.113. The summed E-state index contributed by atoms with van der Waals surface area (Å²) in [5.74, 6) is -0.198. The summed E-state index contributed by atoms with van der Waals surface area (Å²) in [6, 6.07) is 22.1. The Hall–Kier alpha value is -3.67. The molecule has 0 aliphatic carbocycles. The van der Waals surface area contributed by atoms with Gasteiger partial charge in [-0.1, -0.05) is 42.1 Å². The summed E-state index contributed by atoms with van der Waals surface area (Å²) in [6.45, 7) is 8.10. The largest absolute Gasteiger partial charge is 0.369 e. The monoisotopic (exact) mass is 499 g/mol. The van der Waals surface area contributed by atoms with Gasteiger partial charge in [-0.05, 0) is 49.7 Å². The molecular weight excluding hydrogens is 470 g/mol. The van der Waals surface area contributed by atoms with Crippen molar-refractivity contribution in [2.45, 2.75) is 25.4 Å². The highest BCUT2D eigenvalue weighted by atomic mass is 32.2. The molecule has 4 rings (SSSR count). The van der Waals surface area contributed by atoms with Crippen molar-refractivity contribution in [2.24, 2.45) is 0 Å². The normalized spacial score (nSPS) is 13.8. The maximum atomic E-state index is 12.5. The van der Waals surface area contributed by atoms with Crippen LogP contribution in [0.25, 0.3) is 0 Å². The molecule has 2 aromatic carbocycles. The average Bonchev–Trinajstić information content (AvgIpc) is 2.89. The third-order valence-corrected chi connectivity index (χ3v) is 7.15. The number of carbonyl (C=O) groups excluding carboxylic acids is 2. The fraction of sp³-hybridized carbons (Fsp3) is 0.286. The quantitative estimate of drug-likeness (QED) is 0.360. The Morgan fingerprint density at radius 2 is 1.75 bits per heavy atom. The average molecular weight is 500 g/mol. The highest BCUT2D eigenvalue weighted by Gasteiger charge is 2.18. The van der Waals surface area contributed by atoms with Gasteiger partial charge >= 0.3 is 0 Å². The second kappa shape index (κ2) is 11.8. The number of thioether (sulfide) groups is 1. The molecule has 0 radical (unpaired) electrons. The lowest BCUT2D eigenvalue weighted by Gasteiger charge is -2.36. The molecule has 184 valence electrons. The van der Waals surface area contributed by atoms with E-state index in [2.05, 4.69) is 50.4 Å². The molecule has 1 N–H and O–H groups in total. The lowest BCUT2D eigenvalue weighted by Crippen LogP contribution is -2.45. The number of anilines is 2. The van der Waals surface area contributed by atoms with Crippen molar-refractivity contribution >= 4 is 34.8 Å². The van der Waals surface area contributed by atoms with Crippen molar-refractivity contribution in [3.63, 3.8) is 0 Å². The number of benzene rings is 2. The predicted octanol–water partition coefficient (Wildman–Crippen LogP) is 4.52. The second-order valence-electron chi connectivity index (χ2n) is 8.77. The Bertz CT molecular complexity index is 1260. The Balaban J connectivity index is 1.27. The SMILES string of the molecule is CC(=O)c1cc(C#N)c(SCC(=O)Nc2ccc(N3CCN(Cc4ccccc4)CC3)cc2)nc1C. The van der Waals surface area contributed by atoms with Crippen LogP contribution in [-0.2, 0) is 11.3 Å². The number of Topliss-reactive ketones (excluding diaryl/α,β-unsaturated/α-hetero) is 1. The molecule has 0 saturated carbocycles. The molecule has 0 atom stereocenters. The molecule has 3 aromatic rings. The third-order valence-electron chi connectivity index (χ3n) is 6.16. The van der Waals surface area contributed by atoms with Crippen LogP contribution in [0.3, 0.4) is 0 Å². The summed E-state index contributed by atoms with van der Waals surface area (Å²) in [5, 5.41) is 12.8. The van der Waals surface area contributed by atoms with Gasteiger partial charge in [0.25, 0.3) is 0 Å². The summed E-state index contributed by atoms with van der Waals surface area (Å²) >= 11 is 1.19. The topological polar surface area (TPSA) is 89.3 Å². The van der Waals surface area contributed by atoms with Gasteiger partial charge in [-0.15, -0.1) is 0 Å². The Labute approximate surface area is 216 Å². The molecule has 36 heavy (non-hydrogen) atoms. The summed E-state index contributed by atoms with van der Waals surface area (Å²) in [5.41, 5.74) is 4.50. The van der Waals surface area contributed by atoms with Gasteiger partial charge in [0.05, 0.1) is 11.3 Å². The molecule has 1 aliphatic rings. The first-order chi connectivity index (χ1) is 17.4. The number of hydrogen-bond donors (Lipinski definition) is 1. The van der Waals surface area contributed by atoms with Crippen LogP contribution in [-0.4, -0.2) is 53.5 Å². The number of hydrogen-bond acceptors (Lipinski definition) is 7. The maximum absolute atomic E-state index is 12.5. The van der Waals surface area contributed by atoms with E-state index in [1.165, 1.54) is 24.2 Å². The number of ketones is 1. The van der Waals surface area contributed by atoms with Gasteiger partial charge in [0.15, 0.2) is 5.78 Å². The van der Waals surface area contributed by atoms with Crippen molar-refractivity contribution < 1.29 is 9.59 Å². The number of pyridine rings is 1. The van der Waals surface area contributed by atoms with Gasteiger partial charge in [0.2, 0.25) is 5.91 Å². The van der Waals surface area contributed by atoms with Crippen LogP contribution < -0.4 is 10.2 Å². The molecule has 8 heteroatoms. The van der Waals surface area contributed by atoms with Crippen molar-refractivity contribution in [3.05, 3.63) is 83.0 Å². The van der Waals surface area contributed by atoms with Crippen LogP contribution in [0.4, 0.5) is 11.4 Å². The summed E-state index contributed by atoms with van der Waals surface area (Å²) in [6.07, 6.45) is 0. The van der Waals surface area contributed by atoms with Crippen LogP contribution in [0.2, 0.25) is 0 Å². The zero-order valence-corrected chi connectivity index (χ0v) is 21.3. The lowest BCUT2D eigenvalue weighted by atomic mass is 10.1. The number of rotatable bonds is 8. The van der Waals surface area contributed by atoms with Crippen molar-refractivity contribution in [1.29, 1.82) is 5.26 Å². The van der Waals surface area contributed by atoms with Gasteiger partial charge in [0.1, 0.15) is 11.1 Å². The summed E-state index contributed by atoms with van der Waals surface area (Å²) in [7, 11) is 0. The zero-order valence-electron chi connectivity index (χ0n) is 20.5. The number of aromatic nitrogens is 1. The van der Waals surface area contributed by atoms with Crippen molar-refractivity contribution in [2.75, 3.05) is 42.1 Å². The molecule has 0 unspecified atom stereocenters. The summed E-state index contributed by atoms with van der Waals surface area (Å²) < 4.78 is 0. The van der Waals surface area contributed by atoms with E-state index in [-0.39, 0.29) is 17.4 Å². The van der Waals surface area contributed by atoms with E-state index in [0.717, 1.165) is 44.1 Å². The van der Waals surface area contributed by atoms with Crippen LogP contribution in [0.15, 0.2) is 65.7 Å². The van der Waals surface area contributed by atoms with E-state index in [9.17, 15) is 14.9 Å². The van der Waals surface area contributed by atoms with Gasteiger partial charge in [-0.2, -0.15) is 5.26 Å². The second-order valence-corrected chi connectivity index (χ2v) is 9.74. The van der Waals surface area contributed by atoms with E-state index in [1.54, 1.807) is 13.0 Å². The molecule has 1 saturated heterocycles. The number of nitrogens with zero attached hydrogens (tertiary/aromatic N) is 4. The Kier molecular flexibility index (Phi) is 8.36. The van der Waals surface area contributed by atoms with Gasteiger partial charge in [-0.25, -0.2) is 4.98 Å². The fourth-order valence-electron chi connectivity index (χ4n) is 4.22. The zero-order chi connectivity index (χ0) is 25.5. The minimum atomic E-state index is -0.179. The number of piperazine rings is 1. The van der Waals surface area contributed by atoms with E-state index >= 15 is 0 Å². The molecule has 1 fully saturated rings. The number of nitriles is 1. The van der Waals surface area contributed by atoms with Crippen molar-refractivity contribution in [1.82, 2.24) is 9.88 Å². The molecule has 7 nitrogen and oxygen atoms in total. The van der Waals surface area contributed by atoms with E-state index < -0.39 is 0 Å². The third kappa shape index (κ3) is 6.51. The molecular formula is C28H29N5O2S. The first-order valence-corrected chi connectivity index (χ1v) is 12.9. The van der Waals surface area contributed by atoms with Crippen LogP contribution in [0.1, 0.15) is 34.1 Å². The number of aryl methyl sites for hydroxylation is 1. The van der Waals surface area contributed by atoms with Gasteiger partial charge < -0.3 is 10.2 Å². The molecule has 0 bridgehead atoms. The number of nitrogens with one attached hydrogen (secondary N) is 1. The van der Waals surface area contributed by atoms with Gasteiger partial charge in [0, 0.05) is 55.4 Å². The van der Waals surface area contributed by atoms with Crippen LogP contribution >= 0.6 is 11.8 Å². The molecule has 1 amide bonds. The first kappa shape index (κ1) is 25.4. The highest BCUT2D eigenvalue weighted by Crippen LogP contribution is 2.24. The molecule has 1 aliphatic heterocycles. The van der Waals surface area contributed by atoms with E-state index in [0.29, 0.717) is 21.8 Å². The Morgan fingerprint density at radius 1 is 1.06 bits per heavy atom. The highest BCUT2D eigenvalue weighted by molar-refractivity contribution is 8.00. The summed E-state index contributed by atoms with van der Waals surface area (Å²) in [4.78, 5) is 33.4. The number of carbonyl (C=O) groups is 2. The maximum Gasteiger partial charge on any atom is 0.234 e. The Morgan fingerprint density at radius 3 is 2.39 bits per heavy atom. The smallest absolute Gasteiger partial charge is 0.234 e. The van der Waals surface area contributed by atoms with E-state index in [1.807, 2.05) is 30.3 Å². The predicted molar refractivity (Wildman–Crippen MR) is 143 cm³/mol. The minimum Gasteiger partial charge on any atom is -0.369 e. The first-order valence-electron chi connectivity index (χ1n) is 11.9. The van der Waals surface area contributed by atoms with Crippen LogP contribution in [0, 0.1) is 18.3 Å². The standard InChI is InChI=1S/C28H29N5O2S/c1-20-26(21(2)34)16-23(17-29)28(30-20)36-19-27(35)31-24-8-10-25(11-9-24)33-14-12-32(13-15-33)18-22-6-4-3-5-7-22/h3-11,16H,12-15,18-19H2,1-2H3,(H,31,35). The number of amides is 1. The molecule has 2 heterocycles. The van der Waals surface area contributed by atoms with E-state index in [4.69, 9.17) is 0 Å². The van der Waals surface area contributed by atoms with Gasteiger partial charge in [-0.3, -0.25) is 14.5 Å². The van der Waals surface area contributed by atoms with Crippen molar-refractivity contribution in [3.8, 4) is 6.07 Å². The minimum absolute atomic E-state index is 0.117. The fourth-order valence-corrected chi connectivity index (χ4v) is 5.02. The van der Waals surface area contributed by atoms with Crippen LogP contribution in [0.5, 0.6) is 0 Å². The molecule has 0 spiro atoms. The molecule has 1 aromatic heterocycles.